The molecule has 0 radical (unpaired) electrons. The molecule has 0 aliphatic carbocycles. The van der Waals surface area contributed by atoms with E-state index in [1.165, 1.54) is 30.0 Å². The van der Waals surface area contributed by atoms with Crippen molar-refractivity contribution in [3.63, 3.8) is 0 Å². The smallest absolute Gasteiger partial charge is 0.269 e. The lowest BCUT2D eigenvalue weighted by Gasteiger charge is -2.06. The molecule has 5 nitrogen and oxygen atoms in total. The van der Waals surface area contributed by atoms with Crippen LogP contribution >= 0.6 is 23.5 Å². The number of halogens is 1. The number of thioether (sulfide) groups is 2. The zero-order chi connectivity index (χ0) is 18.1. The molecule has 25 heavy (non-hydrogen) atoms. The number of nitrogens with one attached hydrogen (secondary N) is 1. The zero-order valence-corrected chi connectivity index (χ0v) is 14.9. The minimum Gasteiger partial charge on any atom is -0.355 e. The molecule has 0 aromatic heterocycles. The number of nitrogens with zero attached hydrogens (tertiary/aromatic N) is 1. The van der Waals surface area contributed by atoms with Gasteiger partial charge in [0.1, 0.15) is 5.82 Å². The monoisotopic (exact) mass is 380 g/mol. The van der Waals surface area contributed by atoms with Crippen LogP contribution < -0.4 is 5.32 Å². The van der Waals surface area contributed by atoms with Crippen LogP contribution in [0.25, 0.3) is 0 Å². The van der Waals surface area contributed by atoms with Crippen LogP contribution in [-0.2, 0) is 10.5 Å². The Balaban J connectivity index is 1.61. The first-order valence-electron chi connectivity index (χ1n) is 7.51. The van der Waals surface area contributed by atoms with E-state index in [-0.39, 0.29) is 23.2 Å². The lowest BCUT2D eigenvalue weighted by atomic mass is 10.2. The van der Waals surface area contributed by atoms with E-state index < -0.39 is 4.92 Å². The number of benzene rings is 2. The van der Waals surface area contributed by atoms with Gasteiger partial charge in [-0.15, -0.1) is 11.8 Å². The van der Waals surface area contributed by atoms with E-state index in [0.29, 0.717) is 23.6 Å². The van der Waals surface area contributed by atoms with Crippen LogP contribution in [0.1, 0.15) is 5.56 Å². The van der Waals surface area contributed by atoms with Gasteiger partial charge in [0.05, 0.1) is 10.7 Å². The van der Waals surface area contributed by atoms with Crippen molar-refractivity contribution in [1.29, 1.82) is 0 Å². The number of nitro benzene ring substituents is 1. The van der Waals surface area contributed by atoms with Gasteiger partial charge in [-0.2, -0.15) is 11.8 Å². The van der Waals surface area contributed by atoms with Crippen molar-refractivity contribution in [2.24, 2.45) is 0 Å². The molecule has 0 spiro atoms. The second-order valence-electron chi connectivity index (χ2n) is 5.03. The van der Waals surface area contributed by atoms with E-state index in [1.807, 2.05) is 0 Å². The maximum atomic E-state index is 13.4. The van der Waals surface area contributed by atoms with Gasteiger partial charge in [0.25, 0.3) is 5.69 Å². The normalized spacial score (nSPS) is 10.4. The van der Waals surface area contributed by atoms with E-state index in [2.05, 4.69) is 5.32 Å². The summed E-state index contributed by atoms with van der Waals surface area (Å²) in [5.74, 6) is 1.20. The lowest BCUT2D eigenvalue weighted by Crippen LogP contribution is -2.27. The van der Waals surface area contributed by atoms with E-state index in [4.69, 9.17) is 0 Å². The highest BCUT2D eigenvalue weighted by Gasteiger charge is 2.06. The molecule has 0 atom stereocenters. The number of nitro groups is 1. The Morgan fingerprint density at radius 3 is 2.56 bits per heavy atom. The number of hydrogen-bond donors (Lipinski definition) is 1. The lowest BCUT2D eigenvalue weighted by molar-refractivity contribution is -0.384. The van der Waals surface area contributed by atoms with Gasteiger partial charge in [0.2, 0.25) is 5.91 Å². The van der Waals surface area contributed by atoms with Gasteiger partial charge in [-0.05, 0) is 23.8 Å². The van der Waals surface area contributed by atoms with Crippen LogP contribution in [0.3, 0.4) is 0 Å². The number of rotatable bonds is 9. The largest absolute Gasteiger partial charge is 0.355 e. The quantitative estimate of drug-likeness (QED) is 0.309. The summed E-state index contributed by atoms with van der Waals surface area (Å²) >= 11 is 2.88. The molecule has 132 valence electrons. The van der Waals surface area contributed by atoms with Crippen molar-refractivity contribution in [3.8, 4) is 0 Å². The third kappa shape index (κ3) is 6.75. The average Bonchev–Trinajstić information content (AvgIpc) is 2.61. The second kappa shape index (κ2) is 10.0. The number of carbonyl (C=O) groups excluding carboxylic acids is 1. The molecule has 0 bridgehead atoms. The Hall–Kier alpha value is -2.06. The van der Waals surface area contributed by atoms with Gasteiger partial charge in [-0.3, -0.25) is 14.9 Å². The van der Waals surface area contributed by atoms with E-state index in [0.717, 1.165) is 4.90 Å². The summed E-state index contributed by atoms with van der Waals surface area (Å²) in [6.45, 7) is 0.513. The molecule has 8 heteroatoms. The van der Waals surface area contributed by atoms with E-state index in [9.17, 15) is 19.3 Å². The van der Waals surface area contributed by atoms with Crippen LogP contribution in [0, 0.1) is 15.9 Å². The Labute approximate surface area is 153 Å². The molecule has 0 aliphatic heterocycles. The standard InChI is InChI=1S/C17H17FN2O3S2/c18-16-4-2-1-3-13(16)11-24-10-9-19-17(21)12-25-15-7-5-14(6-8-15)20(22)23/h1-8H,9-12H2,(H,19,21). The van der Waals surface area contributed by atoms with Gasteiger partial charge in [-0.25, -0.2) is 4.39 Å². The molecular weight excluding hydrogens is 363 g/mol. The predicted molar refractivity (Wildman–Crippen MR) is 99.4 cm³/mol. The first kappa shape index (κ1) is 19.3. The van der Waals surface area contributed by atoms with Crippen molar-refractivity contribution >= 4 is 35.1 Å². The van der Waals surface area contributed by atoms with Crippen LogP contribution in [0.2, 0.25) is 0 Å². The summed E-state index contributed by atoms with van der Waals surface area (Å²) in [5.41, 5.74) is 0.688. The summed E-state index contributed by atoms with van der Waals surface area (Å²) in [5, 5.41) is 13.4. The van der Waals surface area contributed by atoms with Crippen LogP contribution in [-0.4, -0.2) is 28.9 Å². The molecule has 1 N–H and O–H groups in total. The predicted octanol–water partition coefficient (Wildman–Crippen LogP) is 3.88. The first-order valence-corrected chi connectivity index (χ1v) is 9.65. The van der Waals surface area contributed by atoms with Crippen LogP contribution in [0.5, 0.6) is 0 Å². The Morgan fingerprint density at radius 1 is 1.16 bits per heavy atom. The number of carbonyl (C=O) groups is 1. The molecular formula is C17H17FN2O3S2. The minimum absolute atomic E-state index is 0.0284. The van der Waals surface area contributed by atoms with Crippen molar-refractivity contribution < 1.29 is 14.1 Å². The SMILES string of the molecule is O=C(CSc1ccc([N+](=O)[O-])cc1)NCCSCc1ccccc1F. The van der Waals surface area contributed by atoms with Gasteiger partial charge in [-0.1, -0.05) is 18.2 Å². The summed E-state index contributed by atoms with van der Waals surface area (Å²) < 4.78 is 13.4. The average molecular weight is 380 g/mol. The Kier molecular flexibility index (Phi) is 7.75. The fraction of sp³-hybridized carbons (Fsp3) is 0.235. The third-order valence-corrected chi connectivity index (χ3v) is 5.22. The molecule has 2 aromatic rings. The number of non-ortho nitro benzene ring substituents is 1. The fourth-order valence-corrected chi connectivity index (χ4v) is 3.50. The zero-order valence-electron chi connectivity index (χ0n) is 13.3. The van der Waals surface area contributed by atoms with E-state index in [1.54, 1.807) is 42.1 Å². The molecule has 2 rings (SSSR count). The minimum atomic E-state index is -0.458. The van der Waals surface area contributed by atoms with E-state index >= 15 is 0 Å². The van der Waals surface area contributed by atoms with Crippen molar-refractivity contribution in [1.82, 2.24) is 5.32 Å². The van der Waals surface area contributed by atoms with Gasteiger partial charge >= 0.3 is 0 Å². The fourth-order valence-electron chi connectivity index (χ4n) is 1.92. The molecule has 2 aromatic carbocycles. The summed E-state index contributed by atoms with van der Waals surface area (Å²) in [6, 6.07) is 12.7. The topological polar surface area (TPSA) is 72.2 Å². The highest BCUT2D eigenvalue weighted by molar-refractivity contribution is 8.00. The molecule has 0 saturated carbocycles. The molecule has 0 heterocycles. The molecule has 0 unspecified atom stereocenters. The third-order valence-electron chi connectivity index (χ3n) is 3.20. The Morgan fingerprint density at radius 2 is 1.88 bits per heavy atom. The molecule has 0 aliphatic rings. The van der Waals surface area contributed by atoms with Crippen molar-refractivity contribution in [3.05, 3.63) is 70.0 Å². The molecule has 1 amide bonds. The highest BCUT2D eigenvalue weighted by atomic mass is 32.2. The summed E-state index contributed by atoms with van der Waals surface area (Å²) in [7, 11) is 0. The second-order valence-corrected chi connectivity index (χ2v) is 7.19. The highest BCUT2D eigenvalue weighted by Crippen LogP contribution is 2.21. The number of hydrogen-bond acceptors (Lipinski definition) is 5. The Bertz CT molecular complexity index is 726. The van der Waals surface area contributed by atoms with Crippen molar-refractivity contribution in [2.75, 3.05) is 18.1 Å². The van der Waals surface area contributed by atoms with Crippen molar-refractivity contribution in [2.45, 2.75) is 10.6 Å². The summed E-state index contributed by atoms with van der Waals surface area (Å²) in [4.78, 5) is 22.7. The molecule has 0 saturated heterocycles. The maximum absolute atomic E-state index is 13.4. The van der Waals surface area contributed by atoms with Crippen LogP contribution in [0.4, 0.5) is 10.1 Å². The molecule has 0 fully saturated rings. The number of amides is 1. The van der Waals surface area contributed by atoms with Gasteiger partial charge < -0.3 is 5.32 Å². The van der Waals surface area contributed by atoms with Gasteiger partial charge in [0, 0.05) is 35.1 Å². The van der Waals surface area contributed by atoms with Crippen LogP contribution in [0.15, 0.2) is 53.4 Å². The van der Waals surface area contributed by atoms with Gasteiger partial charge in [0.15, 0.2) is 0 Å². The summed E-state index contributed by atoms with van der Waals surface area (Å²) in [6.07, 6.45) is 0. The maximum Gasteiger partial charge on any atom is 0.269 e. The first-order chi connectivity index (χ1) is 12.1.